The maximum absolute atomic E-state index is 11.3. The summed E-state index contributed by atoms with van der Waals surface area (Å²) in [7, 11) is 1.56. The summed E-state index contributed by atoms with van der Waals surface area (Å²) < 4.78 is 9.86. The molecule has 1 aromatic carbocycles. The summed E-state index contributed by atoms with van der Waals surface area (Å²) in [6.07, 6.45) is -0.472. The molecule has 1 atom stereocenters. The van der Waals surface area contributed by atoms with Crippen LogP contribution in [0, 0.1) is 0 Å². The minimum absolute atomic E-state index is 0.218. The van der Waals surface area contributed by atoms with Crippen molar-refractivity contribution in [3.05, 3.63) is 35.9 Å². The Morgan fingerprint density at radius 2 is 2.12 bits per heavy atom. The molecule has 5 nitrogen and oxygen atoms in total. The second kappa shape index (κ2) is 7.65. The summed E-state index contributed by atoms with van der Waals surface area (Å²) in [4.78, 5) is 11.3. The second-order valence-electron chi connectivity index (χ2n) is 3.66. The first-order chi connectivity index (χ1) is 8.22. The Balaban J connectivity index is 2.17. The van der Waals surface area contributed by atoms with Gasteiger partial charge in [-0.1, -0.05) is 30.3 Å². The van der Waals surface area contributed by atoms with Gasteiger partial charge in [0.2, 0.25) is 0 Å². The maximum Gasteiger partial charge on any atom is 0.407 e. The minimum Gasteiger partial charge on any atom is -0.445 e. The summed E-state index contributed by atoms with van der Waals surface area (Å²) in [6.45, 7) is 0.993. The first-order valence-corrected chi connectivity index (χ1v) is 5.41. The maximum atomic E-state index is 11.3. The largest absolute Gasteiger partial charge is 0.445 e. The lowest BCUT2D eigenvalue weighted by molar-refractivity contribution is 0.135. The van der Waals surface area contributed by atoms with E-state index < -0.39 is 6.09 Å². The zero-order chi connectivity index (χ0) is 12.5. The van der Waals surface area contributed by atoms with Crippen molar-refractivity contribution in [2.24, 2.45) is 5.73 Å². The highest BCUT2D eigenvalue weighted by Gasteiger charge is 2.06. The Bertz CT molecular complexity index is 330. The van der Waals surface area contributed by atoms with Crippen LogP contribution in [0.1, 0.15) is 5.56 Å². The van der Waals surface area contributed by atoms with E-state index in [9.17, 15) is 4.79 Å². The number of hydrogen-bond donors (Lipinski definition) is 2. The van der Waals surface area contributed by atoms with Gasteiger partial charge < -0.3 is 20.5 Å². The lowest BCUT2D eigenvalue weighted by Crippen LogP contribution is -2.40. The van der Waals surface area contributed by atoms with Crippen molar-refractivity contribution in [1.29, 1.82) is 0 Å². The fraction of sp³-hybridized carbons (Fsp3) is 0.417. The molecule has 0 spiro atoms. The molecule has 0 aliphatic heterocycles. The Labute approximate surface area is 101 Å². The van der Waals surface area contributed by atoms with Crippen molar-refractivity contribution < 1.29 is 14.3 Å². The fourth-order valence-corrected chi connectivity index (χ4v) is 1.26. The molecule has 1 rings (SSSR count). The van der Waals surface area contributed by atoms with Crippen LogP contribution < -0.4 is 11.1 Å². The highest BCUT2D eigenvalue weighted by Crippen LogP contribution is 2.00. The summed E-state index contributed by atoms with van der Waals surface area (Å²) in [6, 6.07) is 9.27. The van der Waals surface area contributed by atoms with Crippen LogP contribution in [0.3, 0.4) is 0 Å². The zero-order valence-electron chi connectivity index (χ0n) is 9.89. The number of carbonyl (C=O) groups is 1. The van der Waals surface area contributed by atoms with Gasteiger partial charge in [0, 0.05) is 19.7 Å². The third-order valence-electron chi connectivity index (χ3n) is 2.10. The Morgan fingerprint density at radius 3 is 2.76 bits per heavy atom. The first-order valence-electron chi connectivity index (χ1n) is 5.41. The van der Waals surface area contributed by atoms with Crippen molar-refractivity contribution in [1.82, 2.24) is 5.32 Å². The molecule has 17 heavy (non-hydrogen) atoms. The molecule has 0 bridgehead atoms. The number of ether oxygens (including phenoxy) is 2. The molecule has 0 radical (unpaired) electrons. The Kier molecular flexibility index (Phi) is 6.06. The predicted molar refractivity (Wildman–Crippen MR) is 64.5 cm³/mol. The molecule has 0 heterocycles. The molecule has 94 valence electrons. The number of rotatable bonds is 6. The SMILES string of the molecule is COC[C@@H](N)CNC(=O)OCc1ccccc1. The number of nitrogens with one attached hydrogen (secondary N) is 1. The number of hydrogen-bond acceptors (Lipinski definition) is 4. The van der Waals surface area contributed by atoms with Gasteiger partial charge in [0.05, 0.1) is 6.61 Å². The third-order valence-corrected chi connectivity index (χ3v) is 2.10. The summed E-state index contributed by atoms with van der Waals surface area (Å²) in [5.74, 6) is 0. The average molecular weight is 238 g/mol. The molecule has 0 saturated heterocycles. The van der Waals surface area contributed by atoms with Gasteiger partial charge in [-0.25, -0.2) is 4.79 Å². The second-order valence-corrected chi connectivity index (χ2v) is 3.66. The van der Waals surface area contributed by atoms with Crippen LogP contribution in [-0.4, -0.2) is 32.4 Å². The monoisotopic (exact) mass is 238 g/mol. The van der Waals surface area contributed by atoms with Gasteiger partial charge >= 0.3 is 6.09 Å². The standard InChI is InChI=1S/C12H18N2O3/c1-16-9-11(13)7-14-12(15)17-8-10-5-3-2-4-6-10/h2-6,11H,7-9,13H2,1H3,(H,14,15)/t11-/m0/s1. The van der Waals surface area contributed by atoms with Crippen LogP contribution in [0.25, 0.3) is 0 Å². The molecule has 0 aliphatic carbocycles. The van der Waals surface area contributed by atoms with Crippen molar-refractivity contribution in [2.75, 3.05) is 20.3 Å². The van der Waals surface area contributed by atoms with Gasteiger partial charge in [-0.2, -0.15) is 0 Å². The quantitative estimate of drug-likeness (QED) is 0.771. The number of alkyl carbamates (subject to hydrolysis) is 1. The van der Waals surface area contributed by atoms with E-state index in [1.54, 1.807) is 7.11 Å². The molecule has 0 aromatic heterocycles. The molecule has 5 heteroatoms. The third kappa shape index (κ3) is 5.89. The lowest BCUT2D eigenvalue weighted by Gasteiger charge is -2.11. The normalized spacial score (nSPS) is 11.9. The Morgan fingerprint density at radius 1 is 1.41 bits per heavy atom. The summed E-state index contributed by atoms with van der Waals surface area (Å²) >= 11 is 0. The van der Waals surface area contributed by atoms with Crippen LogP contribution in [0.5, 0.6) is 0 Å². The minimum atomic E-state index is -0.472. The zero-order valence-corrected chi connectivity index (χ0v) is 9.89. The van der Waals surface area contributed by atoms with Crippen LogP contribution in [0.2, 0.25) is 0 Å². The van der Waals surface area contributed by atoms with Crippen LogP contribution in [0.15, 0.2) is 30.3 Å². The number of benzene rings is 1. The van der Waals surface area contributed by atoms with Crippen molar-refractivity contribution in [2.45, 2.75) is 12.6 Å². The highest BCUT2D eigenvalue weighted by molar-refractivity contribution is 5.67. The van der Waals surface area contributed by atoms with E-state index in [4.69, 9.17) is 15.2 Å². The van der Waals surface area contributed by atoms with E-state index in [1.165, 1.54) is 0 Å². The highest BCUT2D eigenvalue weighted by atomic mass is 16.5. The number of nitrogens with two attached hydrogens (primary N) is 1. The molecular formula is C12H18N2O3. The van der Waals surface area contributed by atoms with Gasteiger partial charge in [0.15, 0.2) is 0 Å². The first kappa shape index (κ1) is 13.5. The van der Waals surface area contributed by atoms with E-state index in [2.05, 4.69) is 5.32 Å². The molecule has 1 aromatic rings. The number of carbonyl (C=O) groups excluding carboxylic acids is 1. The van der Waals surface area contributed by atoms with Gasteiger partial charge in [0.25, 0.3) is 0 Å². The van der Waals surface area contributed by atoms with Gasteiger partial charge in [-0.05, 0) is 5.56 Å². The smallest absolute Gasteiger partial charge is 0.407 e. The topological polar surface area (TPSA) is 73.6 Å². The average Bonchev–Trinajstić information content (AvgIpc) is 2.35. The van der Waals surface area contributed by atoms with E-state index in [0.717, 1.165) is 5.56 Å². The van der Waals surface area contributed by atoms with Gasteiger partial charge in [-0.15, -0.1) is 0 Å². The molecule has 0 unspecified atom stereocenters. The van der Waals surface area contributed by atoms with Crippen molar-refractivity contribution in [3.8, 4) is 0 Å². The van der Waals surface area contributed by atoms with Crippen LogP contribution in [-0.2, 0) is 16.1 Å². The summed E-state index contributed by atoms with van der Waals surface area (Å²) in [5.41, 5.74) is 6.59. The van der Waals surface area contributed by atoms with E-state index >= 15 is 0 Å². The van der Waals surface area contributed by atoms with Crippen molar-refractivity contribution >= 4 is 6.09 Å². The van der Waals surface area contributed by atoms with E-state index in [0.29, 0.717) is 13.2 Å². The van der Waals surface area contributed by atoms with Crippen LogP contribution >= 0.6 is 0 Å². The van der Waals surface area contributed by atoms with Crippen LogP contribution in [0.4, 0.5) is 4.79 Å². The van der Waals surface area contributed by atoms with Gasteiger partial charge in [0.1, 0.15) is 6.61 Å². The molecule has 1 amide bonds. The molecule has 0 fully saturated rings. The van der Waals surface area contributed by atoms with E-state index in [1.807, 2.05) is 30.3 Å². The molecule has 3 N–H and O–H groups in total. The molecule has 0 saturated carbocycles. The Hall–Kier alpha value is -1.59. The predicted octanol–water partition coefficient (Wildman–Crippen LogP) is 0.887. The van der Waals surface area contributed by atoms with Gasteiger partial charge in [-0.3, -0.25) is 0 Å². The molecule has 0 aliphatic rings. The number of methoxy groups -OCH3 is 1. The summed E-state index contributed by atoms with van der Waals surface area (Å²) in [5, 5.41) is 2.57. The van der Waals surface area contributed by atoms with E-state index in [-0.39, 0.29) is 12.6 Å². The fourth-order valence-electron chi connectivity index (χ4n) is 1.26. The number of amides is 1. The lowest BCUT2D eigenvalue weighted by atomic mass is 10.2. The molecular weight excluding hydrogens is 220 g/mol. The van der Waals surface area contributed by atoms with Crippen molar-refractivity contribution in [3.63, 3.8) is 0 Å².